The molecule has 0 spiro atoms. The van der Waals surface area contributed by atoms with Gasteiger partial charge in [-0.05, 0) is 269 Å². The Morgan fingerprint density at radius 3 is 0.951 bits per heavy atom. The van der Waals surface area contributed by atoms with E-state index in [0.717, 1.165) is 176 Å². The smallest absolute Gasteiger partial charge is 0.163 e. The summed E-state index contributed by atoms with van der Waals surface area (Å²) >= 11 is 5.93. The Bertz CT molecular complexity index is 5120. The molecule has 5 nitrogen and oxygen atoms in total. The summed E-state index contributed by atoms with van der Waals surface area (Å²) < 4.78 is 52.5. The first-order valence-electron chi connectivity index (χ1n) is 34.1. The van der Waals surface area contributed by atoms with Crippen LogP contribution < -0.4 is 0 Å². The maximum atomic E-state index is 13.5. The Labute approximate surface area is 598 Å². The van der Waals surface area contributed by atoms with Gasteiger partial charge in [-0.25, -0.2) is 17.6 Å². The summed E-state index contributed by atoms with van der Waals surface area (Å²) in [4.78, 5) is 58.8. The second-order valence-electron chi connectivity index (χ2n) is 25.5. The van der Waals surface area contributed by atoms with Crippen molar-refractivity contribution in [2.24, 2.45) is 0 Å². The van der Waals surface area contributed by atoms with Crippen molar-refractivity contribution in [2.45, 2.75) is 110 Å². The molecule has 0 unspecified atom stereocenters. The second-order valence-corrected chi connectivity index (χ2v) is 26.0. The Morgan fingerprint density at radius 2 is 0.588 bits per heavy atom. The fraction of sp³-hybridized carbons (Fsp3) is 0.185. The SMILES string of the molecule is Cc1ccc(C#Cc2ccc3c(c2)CCCC3=O)cc1.Cc1cccc(C#Cc2ccc3c(c2)CCCC3=O)c1.O=C1CCCc2cc(C#Cc3cc(F)cc(F)c3)ccc21.O=C1CCCc2cc(C#Cc3ccc(F)cc3F)ccc21.O=C1CCCc2cc(C#Cc3cccc(Cl)c3)ccc21. The van der Waals surface area contributed by atoms with Gasteiger partial charge < -0.3 is 0 Å². The molecule has 0 atom stereocenters. The van der Waals surface area contributed by atoms with Crippen molar-refractivity contribution < 1.29 is 41.5 Å². The van der Waals surface area contributed by atoms with E-state index in [0.29, 0.717) is 42.7 Å². The van der Waals surface area contributed by atoms with Gasteiger partial charge in [0.2, 0.25) is 0 Å². The van der Waals surface area contributed by atoms with Crippen LogP contribution in [0.1, 0.15) is 211 Å². The molecular formula is C92H69ClF4O5. The van der Waals surface area contributed by atoms with Gasteiger partial charge in [0, 0.05) is 127 Å². The summed E-state index contributed by atoms with van der Waals surface area (Å²) in [6, 6.07) is 59.0. The number of hydrogen-bond acceptors (Lipinski definition) is 5. The summed E-state index contributed by atoms with van der Waals surface area (Å²) in [6.07, 6.45) is 12.5. The highest BCUT2D eigenvalue weighted by molar-refractivity contribution is 6.30. The molecular weight excluding hydrogens is 1300 g/mol. The summed E-state index contributed by atoms with van der Waals surface area (Å²) in [5.74, 6) is 28.7. The first-order chi connectivity index (χ1) is 49.4. The lowest BCUT2D eigenvalue weighted by atomic mass is 9.89. The fourth-order valence-corrected chi connectivity index (χ4v) is 12.7. The minimum absolute atomic E-state index is 0.158. The van der Waals surface area contributed by atoms with E-state index in [2.05, 4.69) is 109 Å². The van der Waals surface area contributed by atoms with Crippen LogP contribution in [0.25, 0.3) is 0 Å². The third-order valence-corrected chi connectivity index (χ3v) is 17.9. The van der Waals surface area contributed by atoms with E-state index in [1.807, 2.05) is 103 Å². The van der Waals surface area contributed by atoms with E-state index < -0.39 is 23.3 Å². The number of fused-ring (bicyclic) bond motifs is 5. The van der Waals surface area contributed by atoms with E-state index in [9.17, 15) is 41.5 Å². The molecule has 5 aliphatic carbocycles. The van der Waals surface area contributed by atoms with Gasteiger partial charge in [-0.3, -0.25) is 24.0 Å². The highest BCUT2D eigenvalue weighted by atomic mass is 35.5. The summed E-state index contributed by atoms with van der Waals surface area (Å²) in [5.41, 5.74) is 19.8. The van der Waals surface area contributed by atoms with Gasteiger partial charge in [-0.1, -0.05) is 107 Å². The zero-order chi connectivity index (χ0) is 71.5. The molecule has 0 aliphatic heterocycles. The molecule has 0 fully saturated rings. The third-order valence-electron chi connectivity index (χ3n) is 17.7. The number of benzene rings is 10. The monoisotopic (exact) mass is 1360 g/mol. The van der Waals surface area contributed by atoms with E-state index in [4.69, 9.17) is 11.6 Å². The average molecular weight is 1370 g/mol. The van der Waals surface area contributed by atoms with Gasteiger partial charge in [0.05, 0.1) is 5.56 Å². The standard InChI is InChI=1S/2C19H16O.C18H13ClO.2C18H12F2O/c1-14-4-2-5-15(12-14)8-9-16-10-11-18-17(13-16)6-3-7-19(18)20;1-14-5-7-15(8-6-14)9-10-16-11-12-18-17(13-16)3-2-4-19(18)20;19-16-5-1-3-13(12-16)7-8-14-9-10-17-15(11-14)4-2-6-18(17)20;19-15-8-7-13(17(20)11-15)6-4-12-5-9-16-14(10-12)2-1-3-18(16)21;19-15-9-13(10-16(20)11-15)5-4-12-6-7-17-14(8-12)2-1-3-18(17)21/h2,4-5,10-13H,3,6-7H2,1H3;5-8,11-13H,2-4H2,1H3;1,3,5,9-12H,2,4,6H2;5,7-11H,1-3H2;6-11H,1-3H2. The predicted octanol–water partition coefficient (Wildman–Crippen LogP) is 19.9. The number of carbonyl (C=O) groups is 5. The molecule has 10 aromatic carbocycles. The second kappa shape index (κ2) is 34.4. The Morgan fingerprint density at radius 1 is 0.265 bits per heavy atom. The van der Waals surface area contributed by atoms with E-state index in [-0.39, 0.29) is 34.5 Å². The molecule has 5 aliphatic rings. The molecule has 0 radical (unpaired) electrons. The number of halogens is 5. The molecule has 0 aromatic heterocycles. The van der Waals surface area contributed by atoms with Crippen LogP contribution in [0.3, 0.4) is 0 Å². The molecule has 502 valence electrons. The van der Waals surface area contributed by atoms with Gasteiger partial charge in [-0.15, -0.1) is 0 Å². The zero-order valence-electron chi connectivity index (χ0n) is 56.6. The largest absolute Gasteiger partial charge is 0.294 e. The molecule has 102 heavy (non-hydrogen) atoms. The van der Waals surface area contributed by atoms with Gasteiger partial charge in [0.1, 0.15) is 23.3 Å². The maximum Gasteiger partial charge on any atom is 0.163 e. The number of Topliss-reactive ketones (excluding diaryl/α,β-unsaturated/α-hetero) is 5. The van der Waals surface area contributed by atoms with Crippen molar-refractivity contribution in [3.8, 4) is 59.2 Å². The lowest BCUT2D eigenvalue weighted by molar-refractivity contribution is 0.0964. The molecule has 0 bridgehead atoms. The molecule has 10 heteroatoms. The van der Waals surface area contributed by atoms with Crippen molar-refractivity contribution in [2.75, 3.05) is 0 Å². The quantitative estimate of drug-likeness (QED) is 0.112. The minimum Gasteiger partial charge on any atom is -0.294 e. The predicted molar refractivity (Wildman–Crippen MR) is 395 cm³/mol. The molecule has 10 aromatic rings. The number of carbonyl (C=O) groups excluding carboxylic acids is 5. The molecule has 0 amide bonds. The third kappa shape index (κ3) is 20.1. The Hall–Kier alpha value is -11.6. The first-order valence-corrected chi connectivity index (χ1v) is 34.5. The van der Waals surface area contributed by atoms with E-state index >= 15 is 0 Å². The van der Waals surface area contributed by atoms with Crippen LogP contribution in [0.4, 0.5) is 17.6 Å². The number of ketones is 5. The molecule has 0 saturated heterocycles. The highest BCUT2D eigenvalue weighted by Gasteiger charge is 2.21. The fourth-order valence-electron chi connectivity index (χ4n) is 12.5. The number of aryl methyl sites for hydroxylation is 7. The molecule has 0 heterocycles. The van der Waals surface area contributed by atoms with E-state index in [1.54, 1.807) is 24.3 Å². The Kier molecular flexibility index (Phi) is 24.2. The first kappa shape index (κ1) is 71.6. The summed E-state index contributed by atoms with van der Waals surface area (Å²) in [5, 5.41) is 0.688. The van der Waals surface area contributed by atoms with Crippen molar-refractivity contribution in [1.29, 1.82) is 0 Å². The van der Waals surface area contributed by atoms with Crippen LogP contribution in [-0.2, 0) is 32.1 Å². The summed E-state index contributed by atoms with van der Waals surface area (Å²) in [6.45, 7) is 4.13. The van der Waals surface area contributed by atoms with Crippen molar-refractivity contribution in [3.05, 3.63) is 351 Å². The van der Waals surface area contributed by atoms with Crippen molar-refractivity contribution in [3.63, 3.8) is 0 Å². The molecule has 0 saturated carbocycles. The normalized spacial score (nSPS) is 13.3. The van der Waals surface area contributed by atoms with Gasteiger partial charge >= 0.3 is 0 Å². The van der Waals surface area contributed by atoms with Gasteiger partial charge in [0.25, 0.3) is 0 Å². The Balaban J connectivity index is 0.000000128. The van der Waals surface area contributed by atoms with Crippen LogP contribution in [0.15, 0.2) is 200 Å². The maximum absolute atomic E-state index is 13.5. The lowest BCUT2D eigenvalue weighted by Crippen LogP contribution is -2.10. The van der Waals surface area contributed by atoms with Crippen LogP contribution >= 0.6 is 11.6 Å². The van der Waals surface area contributed by atoms with Crippen LogP contribution in [-0.4, -0.2) is 28.9 Å². The topological polar surface area (TPSA) is 85.3 Å². The molecule has 0 N–H and O–H groups in total. The van der Waals surface area contributed by atoms with Crippen molar-refractivity contribution in [1.82, 2.24) is 0 Å². The molecule has 15 rings (SSSR count). The minimum atomic E-state index is -0.671. The number of hydrogen-bond donors (Lipinski definition) is 0. The highest BCUT2D eigenvalue weighted by Crippen LogP contribution is 2.28. The zero-order valence-corrected chi connectivity index (χ0v) is 57.3. The van der Waals surface area contributed by atoms with Crippen LogP contribution in [0, 0.1) is 96.3 Å². The average Bonchev–Trinajstić information content (AvgIpc) is 0.844. The lowest BCUT2D eigenvalue weighted by Gasteiger charge is -2.14. The van der Waals surface area contributed by atoms with Gasteiger partial charge in [0.15, 0.2) is 28.9 Å². The van der Waals surface area contributed by atoms with Crippen LogP contribution in [0.2, 0.25) is 5.02 Å². The van der Waals surface area contributed by atoms with Gasteiger partial charge in [-0.2, -0.15) is 0 Å². The van der Waals surface area contributed by atoms with Crippen molar-refractivity contribution >= 4 is 40.5 Å². The van der Waals surface area contributed by atoms with E-state index in [1.165, 1.54) is 35.4 Å². The van der Waals surface area contributed by atoms with Crippen LogP contribution in [0.5, 0.6) is 0 Å². The number of rotatable bonds is 0. The summed E-state index contributed by atoms with van der Waals surface area (Å²) in [7, 11) is 0.